The Morgan fingerprint density at radius 3 is 2.82 bits per heavy atom. The van der Waals surface area contributed by atoms with Crippen LogP contribution in [0, 0.1) is 13.8 Å². The fraction of sp³-hybridized carbons (Fsp3) is 0.750. The molecule has 1 aliphatic heterocycles. The monoisotopic (exact) mass is 306 g/mol. The quantitative estimate of drug-likeness (QED) is 0.813. The largest absolute Gasteiger partial charge is 0.394 e. The number of aliphatic hydroxyl groups excluding tert-OH is 1. The number of likely N-dealkylation sites (tertiary alicyclic amines) is 1. The molecule has 1 aromatic rings. The van der Waals surface area contributed by atoms with Gasteiger partial charge in [0.15, 0.2) is 0 Å². The Balaban J connectivity index is 1.69. The third-order valence-corrected chi connectivity index (χ3v) is 4.79. The average molecular weight is 306 g/mol. The van der Waals surface area contributed by atoms with Crippen molar-refractivity contribution in [2.45, 2.75) is 64.7 Å². The molecule has 122 valence electrons. The highest BCUT2D eigenvalue weighted by Crippen LogP contribution is 2.25. The summed E-state index contributed by atoms with van der Waals surface area (Å²) in [6, 6.07) is 0.423. The summed E-state index contributed by atoms with van der Waals surface area (Å²) in [4.78, 5) is 14.6. The van der Waals surface area contributed by atoms with Gasteiger partial charge in [-0.2, -0.15) is 5.10 Å². The molecule has 0 aromatic carbocycles. The zero-order valence-corrected chi connectivity index (χ0v) is 13.5. The van der Waals surface area contributed by atoms with Gasteiger partial charge >= 0.3 is 0 Å². The lowest BCUT2D eigenvalue weighted by Crippen LogP contribution is -2.43. The number of aryl methyl sites for hydroxylation is 1. The summed E-state index contributed by atoms with van der Waals surface area (Å²) in [5, 5.41) is 16.7. The molecule has 1 saturated carbocycles. The lowest BCUT2D eigenvalue weighted by atomic mass is 10.1. The van der Waals surface area contributed by atoms with E-state index in [2.05, 4.69) is 15.3 Å². The first-order valence-corrected chi connectivity index (χ1v) is 8.28. The second-order valence-electron chi connectivity index (χ2n) is 6.51. The number of nitrogens with zero attached hydrogens (tertiary/aromatic N) is 3. The topological polar surface area (TPSA) is 70.4 Å². The summed E-state index contributed by atoms with van der Waals surface area (Å²) in [7, 11) is 0. The number of aliphatic hydroxyl groups is 1. The Hall–Kier alpha value is -1.40. The van der Waals surface area contributed by atoms with Crippen LogP contribution >= 0.6 is 0 Å². The molecule has 6 heteroatoms. The molecule has 1 amide bonds. The van der Waals surface area contributed by atoms with E-state index in [0.29, 0.717) is 12.6 Å². The third kappa shape index (κ3) is 3.17. The maximum Gasteiger partial charge on any atom is 0.237 e. The Kier molecular flexibility index (Phi) is 4.49. The number of hydrogen-bond donors (Lipinski definition) is 2. The van der Waals surface area contributed by atoms with E-state index in [1.807, 2.05) is 18.5 Å². The molecule has 1 saturated heterocycles. The number of carbonyl (C=O) groups excluding carboxylic acids is 1. The van der Waals surface area contributed by atoms with E-state index < -0.39 is 0 Å². The predicted molar refractivity (Wildman–Crippen MR) is 83.4 cm³/mol. The van der Waals surface area contributed by atoms with Crippen molar-refractivity contribution in [3.63, 3.8) is 0 Å². The van der Waals surface area contributed by atoms with Crippen LogP contribution in [0.25, 0.3) is 0 Å². The Bertz CT molecular complexity index is 551. The summed E-state index contributed by atoms with van der Waals surface area (Å²) in [6.07, 6.45) is 4.28. The van der Waals surface area contributed by atoms with E-state index in [1.54, 1.807) is 0 Å². The predicted octanol–water partition coefficient (Wildman–Crippen LogP) is 0.735. The van der Waals surface area contributed by atoms with E-state index in [0.717, 1.165) is 50.2 Å². The normalized spacial score (nSPS) is 22.2. The highest BCUT2D eigenvalue weighted by atomic mass is 16.3. The Labute approximate surface area is 131 Å². The third-order valence-electron chi connectivity index (χ3n) is 4.79. The van der Waals surface area contributed by atoms with Gasteiger partial charge in [-0.25, -0.2) is 0 Å². The first-order valence-electron chi connectivity index (χ1n) is 8.28. The number of nitrogens with one attached hydrogen (secondary N) is 1. The molecule has 0 radical (unpaired) electrons. The average Bonchev–Trinajstić information content (AvgIpc) is 3.10. The minimum atomic E-state index is 0.000548. The smallest absolute Gasteiger partial charge is 0.237 e. The number of hydrogen-bond acceptors (Lipinski definition) is 4. The van der Waals surface area contributed by atoms with Crippen molar-refractivity contribution < 1.29 is 9.90 Å². The van der Waals surface area contributed by atoms with Gasteiger partial charge in [0, 0.05) is 23.8 Å². The van der Waals surface area contributed by atoms with Gasteiger partial charge in [0.1, 0.15) is 0 Å². The van der Waals surface area contributed by atoms with E-state index >= 15 is 0 Å². The Morgan fingerprint density at radius 1 is 1.36 bits per heavy atom. The zero-order chi connectivity index (χ0) is 15.7. The van der Waals surface area contributed by atoms with Crippen LogP contribution in [-0.2, 0) is 17.9 Å². The van der Waals surface area contributed by atoms with Gasteiger partial charge in [-0.15, -0.1) is 0 Å². The fourth-order valence-corrected chi connectivity index (χ4v) is 3.32. The molecule has 2 N–H and O–H groups in total. The van der Waals surface area contributed by atoms with Crippen LogP contribution in [0.1, 0.15) is 42.6 Å². The molecular formula is C16H26N4O2. The van der Waals surface area contributed by atoms with Crippen LogP contribution in [-0.4, -0.2) is 50.9 Å². The summed E-state index contributed by atoms with van der Waals surface area (Å²) in [5.74, 6) is 0.193. The minimum Gasteiger partial charge on any atom is -0.394 e. The molecule has 0 spiro atoms. The summed E-state index contributed by atoms with van der Waals surface area (Å²) in [5.41, 5.74) is 3.29. The van der Waals surface area contributed by atoms with Crippen molar-refractivity contribution in [1.29, 1.82) is 0 Å². The molecule has 1 unspecified atom stereocenters. The molecule has 22 heavy (non-hydrogen) atoms. The van der Waals surface area contributed by atoms with Crippen molar-refractivity contribution in [3.8, 4) is 0 Å². The maximum absolute atomic E-state index is 12.4. The second-order valence-corrected chi connectivity index (χ2v) is 6.51. The van der Waals surface area contributed by atoms with Gasteiger partial charge < -0.3 is 10.4 Å². The molecule has 2 aliphatic rings. The zero-order valence-electron chi connectivity index (χ0n) is 13.5. The van der Waals surface area contributed by atoms with E-state index in [4.69, 9.17) is 5.11 Å². The van der Waals surface area contributed by atoms with E-state index in [9.17, 15) is 4.79 Å². The first-order chi connectivity index (χ1) is 10.6. The van der Waals surface area contributed by atoms with Crippen LogP contribution in [0.2, 0.25) is 0 Å². The van der Waals surface area contributed by atoms with Crippen LogP contribution in [0.15, 0.2) is 0 Å². The first kappa shape index (κ1) is 15.5. The van der Waals surface area contributed by atoms with Crippen molar-refractivity contribution in [2.75, 3.05) is 13.2 Å². The van der Waals surface area contributed by atoms with Crippen LogP contribution < -0.4 is 5.32 Å². The van der Waals surface area contributed by atoms with Crippen molar-refractivity contribution in [3.05, 3.63) is 17.0 Å². The standard InChI is InChI=1S/C16H26N4O2/c1-11-14(12(2)20(18-11)8-9-21)10-19-7-3-4-15(19)16(22)17-13-5-6-13/h13,15,21H,3-10H2,1-2H3,(H,17,22). The van der Waals surface area contributed by atoms with Crippen molar-refractivity contribution >= 4 is 5.91 Å². The van der Waals surface area contributed by atoms with E-state index in [1.165, 1.54) is 5.56 Å². The van der Waals surface area contributed by atoms with Gasteiger partial charge in [0.05, 0.1) is 24.9 Å². The number of carbonyl (C=O) groups is 1. The number of aromatic nitrogens is 2. The van der Waals surface area contributed by atoms with Gasteiger partial charge in [0.2, 0.25) is 5.91 Å². The molecule has 1 atom stereocenters. The molecule has 1 aromatic heterocycles. The highest BCUT2D eigenvalue weighted by Gasteiger charge is 2.34. The van der Waals surface area contributed by atoms with Gasteiger partial charge in [0.25, 0.3) is 0 Å². The molecule has 2 fully saturated rings. The molecular weight excluding hydrogens is 280 g/mol. The molecule has 1 aliphatic carbocycles. The minimum absolute atomic E-state index is 0.000548. The lowest BCUT2D eigenvalue weighted by molar-refractivity contribution is -0.125. The van der Waals surface area contributed by atoms with Gasteiger partial charge in [-0.3, -0.25) is 14.4 Å². The van der Waals surface area contributed by atoms with Gasteiger partial charge in [-0.05, 0) is 46.1 Å². The summed E-state index contributed by atoms with van der Waals surface area (Å²) >= 11 is 0. The van der Waals surface area contributed by atoms with Crippen LogP contribution in [0.3, 0.4) is 0 Å². The molecule has 2 heterocycles. The number of amides is 1. The SMILES string of the molecule is Cc1nn(CCO)c(C)c1CN1CCCC1C(=O)NC1CC1. The summed E-state index contributed by atoms with van der Waals surface area (Å²) < 4.78 is 1.86. The molecule has 0 bridgehead atoms. The molecule has 6 nitrogen and oxygen atoms in total. The van der Waals surface area contributed by atoms with Gasteiger partial charge in [-0.1, -0.05) is 0 Å². The molecule has 3 rings (SSSR count). The van der Waals surface area contributed by atoms with Crippen LogP contribution in [0.5, 0.6) is 0 Å². The van der Waals surface area contributed by atoms with E-state index in [-0.39, 0.29) is 18.6 Å². The fourth-order valence-electron chi connectivity index (χ4n) is 3.32. The van der Waals surface area contributed by atoms with Crippen molar-refractivity contribution in [2.24, 2.45) is 0 Å². The maximum atomic E-state index is 12.4. The van der Waals surface area contributed by atoms with Crippen molar-refractivity contribution in [1.82, 2.24) is 20.0 Å². The summed E-state index contributed by atoms with van der Waals surface area (Å²) in [6.45, 7) is 6.40. The lowest BCUT2D eigenvalue weighted by Gasteiger charge is -2.24. The van der Waals surface area contributed by atoms with Crippen LogP contribution in [0.4, 0.5) is 0 Å². The number of rotatable bonds is 6. The Morgan fingerprint density at radius 2 is 2.14 bits per heavy atom. The highest BCUT2D eigenvalue weighted by molar-refractivity contribution is 5.82. The second kappa shape index (κ2) is 6.38.